The molecule has 2 N–H and O–H groups in total. The minimum absolute atomic E-state index is 0.0747. The highest BCUT2D eigenvalue weighted by Crippen LogP contribution is 2.30. The van der Waals surface area contributed by atoms with Crippen LogP contribution < -0.4 is 5.73 Å². The number of nitrogens with two attached hydrogens (primary N) is 1. The van der Waals surface area contributed by atoms with Crippen LogP contribution in [0.2, 0.25) is 0 Å². The fourth-order valence-electron chi connectivity index (χ4n) is 1.87. The Labute approximate surface area is 123 Å². The highest BCUT2D eigenvalue weighted by Gasteiger charge is 2.30. The van der Waals surface area contributed by atoms with E-state index in [1.54, 1.807) is 12.1 Å². The van der Waals surface area contributed by atoms with E-state index >= 15 is 0 Å². The van der Waals surface area contributed by atoms with E-state index in [4.69, 9.17) is 5.73 Å². The first-order chi connectivity index (χ1) is 9.88. The first-order valence-corrected chi connectivity index (χ1v) is 7.56. The summed E-state index contributed by atoms with van der Waals surface area (Å²) in [5, 5.41) is 0. The Kier molecular flexibility index (Phi) is 4.80. The summed E-state index contributed by atoms with van der Waals surface area (Å²) in [5.74, 6) is 0.0747. The second-order valence-corrected chi connectivity index (χ2v) is 6.05. The van der Waals surface area contributed by atoms with Crippen LogP contribution in [-0.2, 0) is 17.0 Å². The van der Waals surface area contributed by atoms with Gasteiger partial charge in [0.15, 0.2) is 0 Å². The van der Waals surface area contributed by atoms with Gasteiger partial charge in [-0.05, 0) is 23.8 Å². The van der Waals surface area contributed by atoms with Crippen LogP contribution in [0.25, 0.3) is 0 Å². The van der Waals surface area contributed by atoms with E-state index in [1.807, 2.05) is 18.2 Å². The molecule has 2 nitrogen and oxygen atoms in total. The molecule has 0 aromatic heterocycles. The molecule has 2 rings (SSSR count). The number of rotatable bonds is 4. The van der Waals surface area contributed by atoms with Crippen molar-refractivity contribution >= 4 is 10.8 Å². The highest BCUT2D eigenvalue weighted by molar-refractivity contribution is 7.85. The number of halogens is 3. The predicted octanol–water partition coefficient (Wildman–Crippen LogP) is 3.51. The smallest absolute Gasteiger partial charge is 0.323 e. The lowest BCUT2D eigenvalue weighted by Gasteiger charge is -2.13. The highest BCUT2D eigenvalue weighted by atomic mass is 32.2. The van der Waals surface area contributed by atoms with Gasteiger partial charge in [-0.3, -0.25) is 4.21 Å². The van der Waals surface area contributed by atoms with Crippen molar-refractivity contribution in [3.8, 4) is 0 Å². The third-order valence-corrected chi connectivity index (χ3v) is 4.42. The van der Waals surface area contributed by atoms with Crippen molar-refractivity contribution < 1.29 is 17.4 Å². The Balaban J connectivity index is 2.14. The van der Waals surface area contributed by atoms with Crippen molar-refractivity contribution in [2.24, 2.45) is 5.73 Å². The first-order valence-electron chi connectivity index (χ1n) is 6.24. The van der Waals surface area contributed by atoms with Crippen LogP contribution in [0.5, 0.6) is 0 Å². The van der Waals surface area contributed by atoms with E-state index in [0.717, 1.165) is 17.7 Å². The van der Waals surface area contributed by atoms with E-state index in [-0.39, 0.29) is 10.6 Å². The average Bonchev–Trinajstić information content (AvgIpc) is 2.47. The minimum Gasteiger partial charge on any atom is -0.323 e. The van der Waals surface area contributed by atoms with Gasteiger partial charge in [0, 0.05) is 16.7 Å². The monoisotopic (exact) mass is 313 g/mol. The number of hydrogen-bond acceptors (Lipinski definition) is 2. The Morgan fingerprint density at radius 2 is 1.71 bits per heavy atom. The third-order valence-electron chi connectivity index (χ3n) is 2.98. The molecule has 0 radical (unpaired) electrons. The fourth-order valence-corrected chi connectivity index (χ4v) is 3.07. The predicted molar refractivity (Wildman–Crippen MR) is 76.1 cm³/mol. The van der Waals surface area contributed by atoms with Crippen LogP contribution in [0.15, 0.2) is 59.5 Å². The summed E-state index contributed by atoms with van der Waals surface area (Å²) in [4.78, 5) is 0.135. The van der Waals surface area contributed by atoms with Gasteiger partial charge in [-0.25, -0.2) is 0 Å². The molecular weight excluding hydrogens is 299 g/mol. The van der Waals surface area contributed by atoms with E-state index < -0.39 is 28.6 Å². The summed E-state index contributed by atoms with van der Waals surface area (Å²) >= 11 is 0. The van der Waals surface area contributed by atoms with Crippen LogP contribution in [0, 0.1) is 0 Å². The maximum Gasteiger partial charge on any atom is 0.416 e. The molecule has 0 spiro atoms. The molecule has 2 aromatic rings. The van der Waals surface area contributed by atoms with Crippen molar-refractivity contribution in [1.29, 1.82) is 0 Å². The maximum absolute atomic E-state index is 12.6. The lowest BCUT2D eigenvalue weighted by molar-refractivity contribution is -0.137. The zero-order valence-electron chi connectivity index (χ0n) is 11.0. The molecule has 0 aliphatic carbocycles. The van der Waals surface area contributed by atoms with E-state index in [9.17, 15) is 17.4 Å². The molecule has 2 aromatic carbocycles. The van der Waals surface area contributed by atoms with Gasteiger partial charge in [0.2, 0.25) is 0 Å². The molecule has 0 aliphatic rings. The van der Waals surface area contributed by atoms with Crippen molar-refractivity contribution in [3.63, 3.8) is 0 Å². The molecule has 0 bridgehead atoms. The number of benzene rings is 2. The summed E-state index contributed by atoms with van der Waals surface area (Å²) in [6, 6.07) is 13.1. The molecule has 21 heavy (non-hydrogen) atoms. The largest absolute Gasteiger partial charge is 0.416 e. The SMILES string of the molecule is NC(CS(=O)c1cccc(C(F)(F)F)c1)c1ccccc1. The van der Waals surface area contributed by atoms with Gasteiger partial charge in [0.05, 0.1) is 16.4 Å². The number of alkyl halides is 3. The van der Waals surface area contributed by atoms with Crippen LogP contribution in [0.1, 0.15) is 17.2 Å². The van der Waals surface area contributed by atoms with Crippen molar-refractivity contribution in [2.45, 2.75) is 17.1 Å². The molecule has 112 valence electrons. The van der Waals surface area contributed by atoms with Gasteiger partial charge >= 0.3 is 6.18 Å². The second kappa shape index (κ2) is 6.41. The molecule has 2 atom stereocenters. The Hall–Kier alpha value is -1.66. The molecular formula is C15H14F3NOS. The Morgan fingerprint density at radius 3 is 2.33 bits per heavy atom. The van der Waals surface area contributed by atoms with Gasteiger partial charge in [-0.2, -0.15) is 13.2 Å². The van der Waals surface area contributed by atoms with Gasteiger partial charge in [-0.1, -0.05) is 36.4 Å². The minimum atomic E-state index is -4.44. The van der Waals surface area contributed by atoms with Crippen LogP contribution >= 0.6 is 0 Å². The quantitative estimate of drug-likeness (QED) is 0.938. The maximum atomic E-state index is 12.6. The van der Waals surface area contributed by atoms with Gasteiger partial charge in [-0.15, -0.1) is 0 Å². The van der Waals surface area contributed by atoms with E-state index in [1.165, 1.54) is 12.1 Å². The van der Waals surface area contributed by atoms with Crippen LogP contribution in [0.4, 0.5) is 13.2 Å². The molecule has 0 aliphatic heterocycles. The summed E-state index contributed by atoms with van der Waals surface area (Å²) in [6.07, 6.45) is -4.44. The summed E-state index contributed by atoms with van der Waals surface area (Å²) in [7, 11) is -1.58. The number of hydrogen-bond donors (Lipinski definition) is 1. The average molecular weight is 313 g/mol. The zero-order valence-corrected chi connectivity index (χ0v) is 11.8. The lowest BCUT2D eigenvalue weighted by atomic mass is 10.1. The molecule has 0 saturated carbocycles. The fraction of sp³-hybridized carbons (Fsp3) is 0.200. The summed E-state index contributed by atoms with van der Waals surface area (Å²) < 4.78 is 50.1. The van der Waals surface area contributed by atoms with Crippen molar-refractivity contribution in [1.82, 2.24) is 0 Å². The van der Waals surface area contributed by atoms with Crippen LogP contribution in [0.3, 0.4) is 0 Å². The second-order valence-electron chi connectivity index (χ2n) is 4.55. The molecule has 0 saturated heterocycles. The van der Waals surface area contributed by atoms with Gasteiger partial charge in [0.1, 0.15) is 0 Å². The van der Waals surface area contributed by atoms with Gasteiger partial charge < -0.3 is 5.73 Å². The first kappa shape index (κ1) is 15.7. The molecule has 0 fully saturated rings. The third kappa shape index (κ3) is 4.15. The topological polar surface area (TPSA) is 43.1 Å². The molecule has 6 heteroatoms. The van der Waals surface area contributed by atoms with Gasteiger partial charge in [0.25, 0.3) is 0 Å². The molecule has 0 heterocycles. The Morgan fingerprint density at radius 1 is 1.05 bits per heavy atom. The van der Waals surface area contributed by atoms with Crippen molar-refractivity contribution in [3.05, 3.63) is 65.7 Å². The standard InChI is InChI=1S/C15H14F3NOS/c16-15(17,18)12-7-4-8-13(9-12)21(20)10-14(19)11-5-2-1-3-6-11/h1-9,14H,10,19H2. The zero-order chi connectivity index (χ0) is 15.5. The lowest BCUT2D eigenvalue weighted by Crippen LogP contribution is -2.18. The van der Waals surface area contributed by atoms with E-state index in [2.05, 4.69) is 0 Å². The summed E-state index contributed by atoms with van der Waals surface area (Å²) in [6.45, 7) is 0. The van der Waals surface area contributed by atoms with Crippen molar-refractivity contribution in [2.75, 3.05) is 5.75 Å². The summed E-state index contributed by atoms with van der Waals surface area (Å²) in [5.41, 5.74) is 5.94. The molecule has 0 amide bonds. The van der Waals surface area contributed by atoms with E-state index in [0.29, 0.717) is 0 Å². The molecule has 2 unspecified atom stereocenters. The Bertz CT molecular complexity index is 628. The normalized spacial score (nSPS) is 14.7. The van der Waals surface area contributed by atoms with Crippen LogP contribution in [-0.4, -0.2) is 9.96 Å².